The molecule has 0 radical (unpaired) electrons. The molecule has 8 N–H and O–H groups in total. The number of benzene rings is 3. The highest BCUT2D eigenvalue weighted by Crippen LogP contribution is 2.43. The molecule has 12 aromatic rings. The Labute approximate surface area is 683 Å². The van der Waals surface area contributed by atoms with Crippen molar-refractivity contribution in [1.82, 2.24) is 73.8 Å². The van der Waals surface area contributed by atoms with Gasteiger partial charge in [-0.15, -0.1) is 0 Å². The minimum Gasteiger partial charge on any atom is -0.395 e. The lowest BCUT2D eigenvalue weighted by atomic mass is 9.74. The number of nitrogens with zero attached hydrogens (tertiary/aromatic N) is 13. The monoisotopic (exact) mass is 1610 g/mol. The lowest BCUT2D eigenvalue weighted by molar-refractivity contribution is 0.0670. The summed E-state index contributed by atoms with van der Waals surface area (Å²) in [7, 11) is 3.94. The molecule has 0 aliphatic carbocycles. The van der Waals surface area contributed by atoms with Crippen molar-refractivity contribution in [3.8, 4) is 39.8 Å². The van der Waals surface area contributed by atoms with Gasteiger partial charge < -0.3 is 61.2 Å². The van der Waals surface area contributed by atoms with Crippen molar-refractivity contribution in [1.29, 1.82) is 5.26 Å². The fourth-order valence-corrected chi connectivity index (χ4v) is 18.3. The van der Waals surface area contributed by atoms with E-state index in [1.165, 1.54) is 47.5 Å². The third-order valence-electron chi connectivity index (χ3n) is 24.3. The van der Waals surface area contributed by atoms with Crippen LogP contribution in [-0.2, 0) is 58.9 Å². The van der Waals surface area contributed by atoms with Gasteiger partial charge in [0, 0.05) is 143 Å². The number of hydrogen-bond acceptors (Lipinski definition) is 21. The first-order valence-electron chi connectivity index (χ1n) is 40.6. The molecule has 3 amide bonds. The topological polar surface area (TPSA) is 316 Å². The number of nitrogens with one attached hydrogen (secondary N) is 6. The van der Waals surface area contributed by atoms with Crippen LogP contribution in [0.25, 0.3) is 50.7 Å². The van der Waals surface area contributed by atoms with Crippen LogP contribution in [0.2, 0.25) is 0 Å². The zero-order chi connectivity index (χ0) is 81.6. The number of fused-ring (bicyclic) bond motifs is 6. The van der Waals surface area contributed by atoms with Gasteiger partial charge in [0.2, 0.25) is 0 Å². The Morgan fingerprint density at radius 3 is 1.28 bits per heavy atom. The summed E-state index contributed by atoms with van der Waals surface area (Å²) in [6.07, 6.45) is 17.4. The molecule has 0 bridgehead atoms. The Bertz CT molecular complexity index is 5730. The molecule has 0 spiro atoms. The molecule has 0 saturated carbocycles. The molecule has 30 heteroatoms. The number of aromatic nitrogens is 9. The zero-order valence-corrected chi connectivity index (χ0v) is 65.9. The number of anilines is 6. The zero-order valence-electron chi connectivity index (χ0n) is 65.9. The second-order valence-corrected chi connectivity index (χ2v) is 31.8. The van der Waals surface area contributed by atoms with Crippen molar-refractivity contribution in [2.75, 3.05) is 96.0 Å². The van der Waals surface area contributed by atoms with Crippen molar-refractivity contribution in [2.45, 2.75) is 120 Å². The summed E-state index contributed by atoms with van der Waals surface area (Å²) in [5, 5.41) is 48.9. The first kappa shape index (κ1) is 78.1. The Balaban J connectivity index is 0.000000123. The highest BCUT2D eigenvalue weighted by atomic mass is 19.1. The van der Waals surface area contributed by atoms with Gasteiger partial charge in [-0.05, 0) is 167 Å². The van der Waals surface area contributed by atoms with Gasteiger partial charge in [-0.1, -0.05) is 36.4 Å². The molecule has 17 heterocycles. The number of carbonyl (C=O) groups excluding carboxylic acids is 3. The number of aliphatic hydroxyl groups is 2. The summed E-state index contributed by atoms with van der Waals surface area (Å²) in [5.41, 5.74) is 18.2. The van der Waals surface area contributed by atoms with Crippen molar-refractivity contribution in [3.63, 3.8) is 0 Å². The minimum absolute atomic E-state index is 0.148. The van der Waals surface area contributed by atoms with Gasteiger partial charge >= 0.3 is 0 Å². The van der Waals surface area contributed by atoms with Gasteiger partial charge in [-0.3, -0.25) is 37.4 Å². The normalized spacial score (nSPS) is 19.3. The molecule has 4 atom stereocenters. The van der Waals surface area contributed by atoms with Gasteiger partial charge in [0.25, 0.3) is 17.7 Å². The van der Waals surface area contributed by atoms with E-state index >= 15 is 0 Å². The SMILES string of the molecule is CN(C)Cc1nc(Nc2ccc(-c3cnc4cc(F)ccn34)c3c2C(=O)NC3)ccc1C1(C#N)CCOCC1.O=C1NCc2c(-c3cnc4cc(F)ccn34)ccc(Nc3ccc([C@@H]4CCOC4)c(CN4CCC[C@@H]4CO)n3)c21.O=C1NCc2c(-c3cnc4cc(F)ccn34)ccc(Nc3ccc([C@H]4CCOC4)c(CN4CCC[C@@H]4CO)n3)c21. The highest BCUT2D eigenvalue weighted by molar-refractivity contribution is 6.08. The van der Waals surface area contributed by atoms with E-state index in [1.807, 2.05) is 92.9 Å². The Kier molecular flexibility index (Phi) is 21.9. The quantitative estimate of drug-likeness (QED) is 0.0351. The number of amides is 3. The third-order valence-corrected chi connectivity index (χ3v) is 24.3. The smallest absolute Gasteiger partial charge is 0.254 e. The van der Waals surface area contributed by atoms with E-state index < -0.39 is 5.41 Å². The maximum Gasteiger partial charge on any atom is 0.254 e. The van der Waals surface area contributed by atoms with Crippen LogP contribution in [0.3, 0.4) is 0 Å². The minimum atomic E-state index is -0.630. The fourth-order valence-electron chi connectivity index (χ4n) is 18.3. The third kappa shape index (κ3) is 15.5. The van der Waals surface area contributed by atoms with E-state index in [-0.39, 0.29) is 60.5 Å². The largest absolute Gasteiger partial charge is 0.395 e. The Morgan fingerprint density at radius 1 is 0.513 bits per heavy atom. The van der Waals surface area contributed by atoms with Crippen molar-refractivity contribution in [2.24, 2.45) is 0 Å². The maximum atomic E-state index is 13.7. The lowest BCUT2D eigenvalue weighted by Gasteiger charge is -2.33. The number of halogens is 3. The van der Waals surface area contributed by atoms with E-state index in [9.17, 15) is 43.0 Å². The van der Waals surface area contributed by atoms with Gasteiger partial charge in [0.1, 0.15) is 51.8 Å². The van der Waals surface area contributed by atoms with Crippen molar-refractivity contribution in [3.05, 3.63) is 231 Å². The van der Waals surface area contributed by atoms with Gasteiger partial charge in [-0.2, -0.15) is 5.26 Å². The molecule has 8 aliphatic heterocycles. The molecule has 610 valence electrons. The number of pyridine rings is 6. The van der Waals surface area contributed by atoms with Crippen LogP contribution in [0, 0.1) is 28.8 Å². The summed E-state index contributed by atoms with van der Waals surface area (Å²) in [6.45, 7) is 9.21. The number of hydrogen-bond donors (Lipinski definition) is 8. The summed E-state index contributed by atoms with van der Waals surface area (Å²) < 4.78 is 63.5. The molecule has 5 saturated heterocycles. The number of ether oxygens (including phenoxy) is 3. The van der Waals surface area contributed by atoms with Crippen LogP contribution in [0.4, 0.5) is 47.7 Å². The average molecular weight is 1610 g/mol. The molecule has 8 aliphatic rings. The van der Waals surface area contributed by atoms with Crippen molar-refractivity contribution < 1.29 is 52.0 Å². The van der Waals surface area contributed by atoms with Gasteiger partial charge in [-0.25, -0.2) is 43.1 Å². The van der Waals surface area contributed by atoms with E-state index in [2.05, 4.69) is 74.9 Å². The van der Waals surface area contributed by atoms with E-state index in [0.29, 0.717) is 159 Å². The predicted octanol–water partition coefficient (Wildman–Crippen LogP) is 12.1. The standard InChI is InChI=1S/2C30H31FN6O3.C29H28FN7O2/c2*31-19-7-10-37-26(14-32-28(37)12-19)22-3-5-24(29-23(22)13-33-30(29)39)34-27-6-4-21(18-8-11-40-17-18)25(35-27)15-36-9-1-2-20(36)16-38;1-36(2)16-23-21(29(17-31)8-11-39-12-9-29)4-6-25(35-23)34-22-5-3-19(20-14-33-28(38)27(20)22)24-15-32-26-13-18(30)7-10-37(24)26/h2*3-7,10,12,14,18,20,38H,1-2,8-9,11,13,15-17H2,(H,33,39)(H,34,35);3-7,10,13,15H,8-9,11-12,14,16H2,1-2H3,(H,33,38)(H,34,35)/t18-,20+;18-,20-;/m01./s1. The van der Waals surface area contributed by atoms with E-state index in [4.69, 9.17) is 29.2 Å². The first-order chi connectivity index (χ1) is 58.1. The molecule has 0 unspecified atom stereocenters. The van der Waals surface area contributed by atoms with E-state index in [1.54, 1.807) is 37.2 Å². The van der Waals surface area contributed by atoms with Crippen LogP contribution in [-0.4, -0.2) is 178 Å². The highest BCUT2D eigenvalue weighted by Gasteiger charge is 2.39. The lowest BCUT2D eigenvalue weighted by Crippen LogP contribution is -2.34. The van der Waals surface area contributed by atoms with Gasteiger partial charge in [0.05, 0.1) is 124 Å². The molecule has 20 rings (SSSR count). The first-order valence-corrected chi connectivity index (χ1v) is 40.6. The van der Waals surface area contributed by atoms with Crippen molar-refractivity contribution >= 4 is 69.2 Å². The molecule has 119 heavy (non-hydrogen) atoms. The summed E-state index contributed by atoms with van der Waals surface area (Å²) in [6, 6.07) is 34.7. The summed E-state index contributed by atoms with van der Waals surface area (Å²) >= 11 is 0. The second kappa shape index (κ2) is 33.4. The molecular weight excluding hydrogens is 1520 g/mol. The summed E-state index contributed by atoms with van der Waals surface area (Å²) in [5.74, 6) is 1.01. The van der Waals surface area contributed by atoms with Crippen LogP contribution >= 0.6 is 0 Å². The average Bonchev–Trinajstić information content (AvgIpc) is 1.36. The number of nitriles is 1. The number of likely N-dealkylation sites (tertiary alicyclic amines) is 2. The predicted molar refractivity (Wildman–Crippen MR) is 440 cm³/mol. The summed E-state index contributed by atoms with van der Waals surface area (Å²) in [4.78, 5) is 73.7. The second-order valence-electron chi connectivity index (χ2n) is 31.8. The molecule has 3 aromatic carbocycles. The number of imidazole rings is 3. The van der Waals surface area contributed by atoms with Crippen LogP contribution < -0.4 is 31.9 Å². The number of aliphatic hydroxyl groups excluding tert-OH is 2. The molecule has 9 aromatic heterocycles. The van der Waals surface area contributed by atoms with Crippen LogP contribution in [0.5, 0.6) is 0 Å². The fraction of sp³-hybridized carbons (Fsp3) is 0.348. The van der Waals surface area contributed by atoms with E-state index in [0.717, 1.165) is 138 Å². The Morgan fingerprint density at radius 2 is 0.908 bits per heavy atom. The van der Waals surface area contributed by atoms with Gasteiger partial charge in [0.15, 0.2) is 0 Å². The van der Waals surface area contributed by atoms with Crippen LogP contribution in [0.1, 0.15) is 145 Å². The van der Waals surface area contributed by atoms with Crippen LogP contribution in [0.15, 0.2) is 146 Å². The molecular formula is C89H90F3N19O8. The molecule has 27 nitrogen and oxygen atoms in total. The number of carbonyl (C=O) groups is 3. The maximum absolute atomic E-state index is 13.7. The molecule has 5 fully saturated rings. The Hall–Kier alpha value is -12.1. The number of rotatable bonds is 20.